The van der Waals surface area contributed by atoms with Gasteiger partial charge in [0.2, 0.25) is 5.95 Å². The number of carbonyl (C=O) groups is 2. The van der Waals surface area contributed by atoms with Crippen molar-refractivity contribution in [1.82, 2.24) is 19.5 Å². The van der Waals surface area contributed by atoms with Gasteiger partial charge in [0.1, 0.15) is 23.8 Å². The van der Waals surface area contributed by atoms with Gasteiger partial charge in [0.25, 0.3) is 11.5 Å². The molecule has 0 spiro atoms. The van der Waals surface area contributed by atoms with E-state index in [2.05, 4.69) is 30.3 Å². The largest absolute Gasteiger partial charge is 0.497 e. The predicted octanol–water partition coefficient (Wildman–Crippen LogP) is 3.98. The molecule has 1 amide bonds. The maximum Gasteiger partial charge on any atom is 0.338 e. The predicted molar refractivity (Wildman–Crippen MR) is 157 cm³/mol. The van der Waals surface area contributed by atoms with Crippen LogP contribution in [0.5, 0.6) is 11.5 Å². The second kappa shape index (κ2) is 12.1. The lowest BCUT2D eigenvalue weighted by Crippen LogP contribution is -2.41. The summed E-state index contributed by atoms with van der Waals surface area (Å²) in [5, 5.41) is 6.43. The van der Waals surface area contributed by atoms with Gasteiger partial charge in [-0.25, -0.2) is 9.78 Å². The number of benzene rings is 2. The summed E-state index contributed by atoms with van der Waals surface area (Å²) in [6.45, 7) is 0. The molecule has 5 rings (SSSR count). The highest BCUT2D eigenvalue weighted by atomic mass is 127. The number of amides is 1. The summed E-state index contributed by atoms with van der Waals surface area (Å²) in [6.07, 6.45) is -0.479. The van der Waals surface area contributed by atoms with E-state index < -0.39 is 35.5 Å². The van der Waals surface area contributed by atoms with Crippen LogP contribution in [0.15, 0.2) is 64.8 Å². The minimum atomic E-state index is -1.55. The van der Waals surface area contributed by atoms with Crippen molar-refractivity contribution in [3.63, 3.8) is 0 Å². The van der Waals surface area contributed by atoms with E-state index in [1.54, 1.807) is 48.5 Å². The van der Waals surface area contributed by atoms with Crippen LogP contribution in [0.2, 0.25) is 0 Å². The van der Waals surface area contributed by atoms with E-state index >= 15 is 0 Å². The normalized spacial score (nSPS) is 19.6. The Morgan fingerprint density at radius 1 is 1.17 bits per heavy atom. The third-order valence-electron chi connectivity index (χ3n) is 6.57. The zero-order valence-corrected chi connectivity index (χ0v) is 24.3. The fourth-order valence-corrected chi connectivity index (χ4v) is 5.21. The number of fused-ring (bicyclic) bond motifs is 1. The second-order valence-electron chi connectivity index (χ2n) is 9.02. The molecule has 1 aliphatic rings. The Hall–Kier alpha value is -4.67. The van der Waals surface area contributed by atoms with Crippen molar-refractivity contribution in [2.45, 2.75) is 24.5 Å². The van der Waals surface area contributed by atoms with Crippen molar-refractivity contribution in [2.24, 2.45) is 5.11 Å². The number of aromatic amines is 1. The van der Waals surface area contributed by atoms with Crippen molar-refractivity contribution >= 4 is 51.6 Å². The molecule has 42 heavy (non-hydrogen) atoms. The standard InChI is InChI=1S/C26H23IN8O7/c1-39-16-7-3-14(4-8-16)22(36)31-25-30-21-20(23(37)32-25)29-13-35(21)19-11-18(26(12-27,42-19)33-34-28)41-24(38)15-5-9-17(40-2)10-6-15/h3-10,13,18-19H,11-12H2,1-2H3,(H2,30,31,32,36,37)/t18-,19+,26+/m0/s1. The Kier molecular flexibility index (Phi) is 8.28. The van der Waals surface area contributed by atoms with E-state index in [4.69, 9.17) is 18.9 Å². The first-order valence-corrected chi connectivity index (χ1v) is 13.9. The number of nitrogens with zero attached hydrogens (tertiary/aromatic N) is 6. The molecule has 0 aliphatic carbocycles. The highest BCUT2D eigenvalue weighted by Crippen LogP contribution is 2.42. The number of halogens is 1. The first-order valence-electron chi connectivity index (χ1n) is 12.4. The first-order chi connectivity index (χ1) is 20.3. The van der Waals surface area contributed by atoms with E-state index in [0.29, 0.717) is 17.1 Å². The molecule has 3 heterocycles. The Morgan fingerprint density at radius 3 is 2.40 bits per heavy atom. The fourth-order valence-electron chi connectivity index (χ4n) is 4.39. The van der Waals surface area contributed by atoms with Crippen molar-refractivity contribution in [3.8, 4) is 11.5 Å². The SMILES string of the molecule is COc1ccc(C(=O)Nc2nc3c(ncn3[C@H]3C[C@H](OC(=O)c4ccc(OC)cc4)[C@](CI)(N=[N+]=[N-])O3)c(=O)[nH]2)cc1. The highest BCUT2D eigenvalue weighted by Gasteiger charge is 2.51. The summed E-state index contributed by atoms with van der Waals surface area (Å²) in [4.78, 5) is 52.5. The number of rotatable bonds is 9. The van der Waals surface area contributed by atoms with Crippen LogP contribution < -0.4 is 20.3 Å². The summed E-state index contributed by atoms with van der Waals surface area (Å²) in [5.41, 5.74) is 7.83. The third kappa shape index (κ3) is 5.59. The molecule has 3 atom stereocenters. The Bertz CT molecular complexity index is 1730. The quantitative estimate of drug-likeness (QED) is 0.0654. The zero-order chi connectivity index (χ0) is 29.9. The molecule has 2 N–H and O–H groups in total. The number of hydrogen-bond acceptors (Lipinski definition) is 10. The molecule has 0 unspecified atom stereocenters. The van der Waals surface area contributed by atoms with E-state index in [1.165, 1.54) is 25.1 Å². The summed E-state index contributed by atoms with van der Waals surface area (Å²) >= 11 is 1.98. The van der Waals surface area contributed by atoms with E-state index in [-0.39, 0.29) is 33.5 Å². The number of alkyl halides is 1. The lowest BCUT2D eigenvalue weighted by Gasteiger charge is -2.27. The van der Waals surface area contributed by atoms with Crippen molar-refractivity contribution in [1.29, 1.82) is 0 Å². The minimum absolute atomic E-state index is 0.0106. The van der Waals surface area contributed by atoms with Crippen molar-refractivity contribution in [3.05, 3.63) is 86.8 Å². The van der Waals surface area contributed by atoms with E-state index in [0.717, 1.165) is 0 Å². The number of anilines is 1. The Morgan fingerprint density at radius 2 is 1.81 bits per heavy atom. The number of nitrogens with one attached hydrogen (secondary N) is 2. The molecule has 1 aliphatic heterocycles. The molecule has 16 heteroatoms. The van der Waals surface area contributed by atoms with Crippen LogP contribution >= 0.6 is 22.6 Å². The molecule has 2 aromatic carbocycles. The number of azide groups is 1. The number of carbonyl (C=O) groups excluding carboxylic acids is 2. The summed E-state index contributed by atoms with van der Waals surface area (Å²) < 4.78 is 23.8. The number of H-pyrrole nitrogens is 1. The summed E-state index contributed by atoms with van der Waals surface area (Å²) in [5.74, 6) is -0.133. The highest BCUT2D eigenvalue weighted by molar-refractivity contribution is 14.1. The zero-order valence-electron chi connectivity index (χ0n) is 22.2. The monoisotopic (exact) mass is 686 g/mol. The Labute approximate surface area is 250 Å². The minimum Gasteiger partial charge on any atom is -0.497 e. The van der Waals surface area contributed by atoms with Gasteiger partial charge in [0.15, 0.2) is 16.9 Å². The molecule has 2 aromatic heterocycles. The number of hydrogen-bond donors (Lipinski definition) is 2. The van der Waals surface area contributed by atoms with Gasteiger partial charge in [-0.05, 0) is 54.1 Å². The maximum atomic E-state index is 13.0. The molecule has 216 valence electrons. The second-order valence-corrected chi connectivity index (χ2v) is 9.78. The van der Waals surface area contributed by atoms with Gasteiger partial charge in [-0.1, -0.05) is 27.7 Å². The van der Waals surface area contributed by atoms with Gasteiger partial charge in [0, 0.05) is 21.3 Å². The van der Waals surface area contributed by atoms with Gasteiger partial charge in [-0.3, -0.25) is 24.5 Å². The van der Waals surface area contributed by atoms with Crippen LogP contribution in [-0.4, -0.2) is 61.9 Å². The first kappa shape index (κ1) is 28.8. The molecular weight excluding hydrogens is 663 g/mol. The molecule has 4 aromatic rings. The summed E-state index contributed by atoms with van der Waals surface area (Å²) in [7, 11) is 3.03. The van der Waals surface area contributed by atoms with Crippen LogP contribution in [0.4, 0.5) is 5.95 Å². The van der Waals surface area contributed by atoms with Gasteiger partial charge < -0.3 is 18.9 Å². The number of methoxy groups -OCH3 is 2. The molecule has 0 radical (unpaired) electrons. The topological polar surface area (TPSA) is 195 Å². The van der Waals surface area contributed by atoms with E-state index in [9.17, 15) is 19.9 Å². The number of ether oxygens (including phenoxy) is 4. The van der Waals surface area contributed by atoms with Gasteiger partial charge in [0.05, 0.1) is 26.1 Å². The van der Waals surface area contributed by atoms with Crippen LogP contribution in [0.3, 0.4) is 0 Å². The lowest BCUT2D eigenvalue weighted by molar-refractivity contribution is -0.0844. The van der Waals surface area contributed by atoms with Crippen molar-refractivity contribution < 1.29 is 28.5 Å². The third-order valence-corrected chi connectivity index (χ3v) is 7.66. The van der Waals surface area contributed by atoms with Crippen LogP contribution in [0.1, 0.15) is 33.4 Å². The summed E-state index contributed by atoms with van der Waals surface area (Å²) in [6, 6.07) is 12.7. The van der Waals surface area contributed by atoms with Gasteiger partial charge in [-0.15, -0.1) is 0 Å². The average molecular weight is 686 g/mol. The molecule has 0 bridgehead atoms. The molecule has 0 saturated carbocycles. The molecule has 1 saturated heterocycles. The molecule has 15 nitrogen and oxygen atoms in total. The average Bonchev–Trinajstić information content (AvgIpc) is 3.59. The van der Waals surface area contributed by atoms with E-state index in [1.807, 2.05) is 22.6 Å². The molecular formula is C26H23IN8O7. The van der Waals surface area contributed by atoms with Crippen LogP contribution in [0, 0.1) is 0 Å². The Balaban J connectivity index is 1.43. The van der Waals surface area contributed by atoms with Crippen molar-refractivity contribution in [2.75, 3.05) is 24.0 Å². The van der Waals surface area contributed by atoms with Gasteiger partial charge >= 0.3 is 5.97 Å². The number of aromatic nitrogens is 4. The fraction of sp³-hybridized carbons (Fsp3) is 0.269. The van der Waals surface area contributed by atoms with Crippen LogP contribution in [0.25, 0.3) is 21.6 Å². The van der Waals surface area contributed by atoms with Gasteiger partial charge in [-0.2, -0.15) is 4.98 Å². The number of esters is 1. The maximum absolute atomic E-state index is 13.0. The molecule has 1 fully saturated rings. The number of imidazole rings is 1. The lowest BCUT2D eigenvalue weighted by atomic mass is 10.1. The smallest absolute Gasteiger partial charge is 0.338 e. The van der Waals surface area contributed by atoms with Crippen LogP contribution in [-0.2, 0) is 9.47 Å².